The summed E-state index contributed by atoms with van der Waals surface area (Å²) in [6.45, 7) is 2.19. The molecule has 0 aliphatic heterocycles. The molecule has 0 amide bonds. The second-order valence-corrected chi connectivity index (χ2v) is 1.94. The average molecular weight is 157 g/mol. The first-order valence-corrected chi connectivity index (χ1v) is 3.25. The van der Waals surface area contributed by atoms with Gasteiger partial charge < -0.3 is 15.9 Å². The van der Waals surface area contributed by atoms with Crippen LogP contribution < -0.4 is 18.9 Å². The Balaban J connectivity index is 0. The van der Waals surface area contributed by atoms with E-state index in [0.29, 0.717) is 0 Å². The van der Waals surface area contributed by atoms with Crippen molar-refractivity contribution in [3.05, 3.63) is 5.33 Å². The number of hydrogen-bond acceptors (Lipinski definition) is 0. The van der Waals surface area contributed by atoms with Crippen LogP contribution in [0.15, 0.2) is 0 Å². The smallest absolute Gasteiger partial charge is 0.320 e. The van der Waals surface area contributed by atoms with E-state index in [1.165, 1.54) is 19.3 Å². The second kappa shape index (κ2) is 10.1. The summed E-state index contributed by atoms with van der Waals surface area (Å²) < 4.78 is 0. The van der Waals surface area contributed by atoms with Crippen LogP contribution in [0.2, 0.25) is 0 Å². The van der Waals surface area contributed by atoms with Crippen molar-refractivity contribution < 1.29 is 18.9 Å². The third-order valence-corrected chi connectivity index (χ3v) is 1.12. The monoisotopic (exact) mass is 156 g/mol. The van der Waals surface area contributed by atoms with E-state index in [1.807, 2.05) is 5.33 Å². The van der Waals surface area contributed by atoms with E-state index in [4.69, 9.17) is 0 Å². The SMILES string of the molecule is CCCC[CH-]Br.[Li+]. The molecule has 38 valence electrons. The largest absolute Gasteiger partial charge is 1.00 e. The van der Waals surface area contributed by atoms with Crippen LogP contribution in [0.1, 0.15) is 26.2 Å². The van der Waals surface area contributed by atoms with E-state index < -0.39 is 0 Å². The van der Waals surface area contributed by atoms with Gasteiger partial charge in [0.2, 0.25) is 0 Å². The van der Waals surface area contributed by atoms with E-state index in [9.17, 15) is 0 Å². The normalized spacial score (nSPS) is 7.71. The van der Waals surface area contributed by atoms with Gasteiger partial charge in [0.05, 0.1) is 0 Å². The van der Waals surface area contributed by atoms with Crippen molar-refractivity contribution in [3.63, 3.8) is 0 Å². The molecule has 0 heterocycles. The van der Waals surface area contributed by atoms with Crippen molar-refractivity contribution in [2.24, 2.45) is 0 Å². The van der Waals surface area contributed by atoms with Gasteiger partial charge in [-0.2, -0.15) is 6.42 Å². The minimum Gasteiger partial charge on any atom is -0.320 e. The molecule has 0 bridgehead atoms. The zero-order chi connectivity index (χ0) is 4.83. The van der Waals surface area contributed by atoms with E-state index >= 15 is 0 Å². The molecule has 0 fully saturated rings. The summed E-state index contributed by atoms with van der Waals surface area (Å²) in [7, 11) is 0. The van der Waals surface area contributed by atoms with Gasteiger partial charge in [-0.25, -0.2) is 0 Å². The first-order valence-electron chi connectivity index (χ1n) is 2.33. The average Bonchev–Trinajstić information content (AvgIpc) is 1.61. The topological polar surface area (TPSA) is 0 Å². The molecule has 0 unspecified atom stereocenters. The molecule has 0 radical (unpaired) electrons. The van der Waals surface area contributed by atoms with Crippen molar-refractivity contribution in [3.8, 4) is 0 Å². The molecule has 0 rings (SSSR count). The molecule has 0 aliphatic rings. The molecule has 0 aliphatic carbocycles. The zero-order valence-corrected chi connectivity index (χ0v) is 6.66. The van der Waals surface area contributed by atoms with Crippen LogP contribution in [0.5, 0.6) is 0 Å². The Morgan fingerprint density at radius 3 is 2.29 bits per heavy atom. The fourth-order valence-electron chi connectivity index (χ4n) is 0.281. The minimum atomic E-state index is 0. The van der Waals surface area contributed by atoms with Gasteiger partial charge in [0, 0.05) is 0 Å². The van der Waals surface area contributed by atoms with Gasteiger partial charge in [0.1, 0.15) is 0 Å². The molecule has 0 spiro atoms. The number of halogens is 1. The number of hydrogen-bond donors (Lipinski definition) is 0. The van der Waals surface area contributed by atoms with Crippen molar-refractivity contribution in [1.82, 2.24) is 0 Å². The Bertz CT molecular complexity index is 20.0. The van der Waals surface area contributed by atoms with Gasteiger partial charge in [0.25, 0.3) is 0 Å². The maximum atomic E-state index is 3.23. The van der Waals surface area contributed by atoms with Crippen molar-refractivity contribution >= 4 is 15.9 Å². The summed E-state index contributed by atoms with van der Waals surface area (Å²) in [6, 6.07) is 0. The minimum absolute atomic E-state index is 0. The van der Waals surface area contributed by atoms with Crippen molar-refractivity contribution in [1.29, 1.82) is 0 Å². The van der Waals surface area contributed by atoms with Crippen LogP contribution in [0.3, 0.4) is 0 Å². The van der Waals surface area contributed by atoms with Crippen LogP contribution in [0.4, 0.5) is 0 Å². The van der Waals surface area contributed by atoms with Crippen molar-refractivity contribution in [2.75, 3.05) is 0 Å². The Morgan fingerprint density at radius 2 is 2.14 bits per heavy atom. The van der Waals surface area contributed by atoms with Crippen LogP contribution in [-0.2, 0) is 0 Å². The fraction of sp³-hybridized carbons (Fsp3) is 0.800. The summed E-state index contributed by atoms with van der Waals surface area (Å²) in [5.41, 5.74) is 0. The Hall–Kier alpha value is 1.08. The molecule has 0 aromatic rings. The van der Waals surface area contributed by atoms with Crippen LogP contribution in [0, 0.1) is 5.33 Å². The maximum absolute atomic E-state index is 3.23. The fourth-order valence-corrected chi connectivity index (χ4v) is 0.605. The summed E-state index contributed by atoms with van der Waals surface area (Å²) >= 11 is 3.23. The van der Waals surface area contributed by atoms with Gasteiger partial charge in [-0.1, -0.05) is 19.8 Å². The molecular weight excluding hydrogens is 147 g/mol. The predicted octanol–water partition coefficient (Wildman–Crippen LogP) is -0.263. The molecule has 0 N–H and O–H groups in total. The molecule has 2 heteroatoms. The van der Waals surface area contributed by atoms with Crippen LogP contribution in [0.25, 0.3) is 0 Å². The van der Waals surface area contributed by atoms with Gasteiger partial charge in [-0.15, -0.1) is 0 Å². The Morgan fingerprint density at radius 1 is 1.57 bits per heavy atom. The number of unbranched alkanes of at least 4 members (excludes halogenated alkanes) is 2. The molecule has 0 aromatic carbocycles. The second-order valence-electron chi connectivity index (χ2n) is 1.30. The molecular formula is C5H10BrLi. The Labute approximate surface area is 66.4 Å². The molecule has 0 nitrogen and oxygen atoms in total. The third kappa shape index (κ3) is 11.0. The summed E-state index contributed by atoms with van der Waals surface area (Å²) in [5, 5.41) is 2.02. The zero-order valence-electron chi connectivity index (χ0n) is 5.08. The Kier molecular flexibility index (Phi) is 15.9. The summed E-state index contributed by atoms with van der Waals surface area (Å²) in [4.78, 5) is 0. The van der Waals surface area contributed by atoms with Gasteiger partial charge in [-0.3, -0.25) is 5.33 Å². The van der Waals surface area contributed by atoms with Crippen LogP contribution >= 0.6 is 15.9 Å². The van der Waals surface area contributed by atoms with E-state index in [1.54, 1.807) is 0 Å². The molecule has 0 atom stereocenters. The van der Waals surface area contributed by atoms with Crippen molar-refractivity contribution in [2.45, 2.75) is 26.2 Å². The number of rotatable bonds is 3. The van der Waals surface area contributed by atoms with Gasteiger partial charge >= 0.3 is 18.9 Å². The summed E-state index contributed by atoms with van der Waals surface area (Å²) in [6.07, 6.45) is 3.81. The van der Waals surface area contributed by atoms with Crippen LogP contribution in [-0.4, -0.2) is 0 Å². The molecule has 7 heavy (non-hydrogen) atoms. The van der Waals surface area contributed by atoms with Gasteiger partial charge in [0.15, 0.2) is 0 Å². The van der Waals surface area contributed by atoms with Gasteiger partial charge in [-0.05, 0) is 0 Å². The van der Waals surface area contributed by atoms with E-state index in [2.05, 4.69) is 22.9 Å². The maximum Gasteiger partial charge on any atom is 1.00 e. The first-order chi connectivity index (χ1) is 2.91. The first kappa shape index (κ1) is 11.0. The molecule has 0 saturated heterocycles. The summed E-state index contributed by atoms with van der Waals surface area (Å²) in [5.74, 6) is 0. The predicted molar refractivity (Wildman–Crippen MR) is 32.8 cm³/mol. The quantitative estimate of drug-likeness (QED) is 0.300. The third-order valence-electron chi connectivity index (χ3n) is 0.667. The molecule has 0 saturated carbocycles. The standard InChI is InChI=1S/C5H10Br.Li/c1-2-3-4-5-6;/h5H,2-4H2,1H3;/q-1;+1. The van der Waals surface area contributed by atoms with E-state index in [0.717, 1.165) is 0 Å². The molecule has 0 aromatic heterocycles. The van der Waals surface area contributed by atoms with E-state index in [-0.39, 0.29) is 18.9 Å².